The van der Waals surface area contributed by atoms with Crippen LogP contribution in [0.2, 0.25) is 0 Å². The van der Waals surface area contributed by atoms with Crippen LogP contribution in [0.4, 0.5) is 5.82 Å². The molecule has 0 radical (unpaired) electrons. The molecule has 4 N–H and O–H groups in total. The van der Waals surface area contributed by atoms with Crippen LogP contribution in [0.3, 0.4) is 0 Å². The topological polar surface area (TPSA) is 105 Å². The third kappa shape index (κ3) is 3.04. The highest BCUT2D eigenvalue weighted by Crippen LogP contribution is 2.18. The Bertz CT molecular complexity index is 543. The summed E-state index contributed by atoms with van der Waals surface area (Å²) in [5, 5.41) is 3.18. The molecule has 1 amide bonds. The molecule has 0 spiro atoms. The molecular weight excluding hydrogens is 246 g/mol. The third-order valence-corrected chi connectivity index (χ3v) is 3.09. The monoisotopic (exact) mass is 265 g/mol. The van der Waals surface area contributed by atoms with Gasteiger partial charge < -0.3 is 16.0 Å². The molecule has 0 bridgehead atoms. The molecule has 1 aromatic heterocycles. The minimum absolute atomic E-state index is 0.0478. The highest BCUT2D eigenvalue weighted by Gasteiger charge is 2.20. The fourth-order valence-electron chi connectivity index (χ4n) is 2.14. The van der Waals surface area contributed by atoms with E-state index in [0.29, 0.717) is 11.5 Å². The van der Waals surface area contributed by atoms with Crippen LogP contribution in [0.1, 0.15) is 38.3 Å². The molecule has 1 unspecified atom stereocenters. The minimum atomic E-state index is -0.546. The van der Waals surface area contributed by atoms with Crippen molar-refractivity contribution in [1.82, 2.24) is 9.55 Å². The second-order valence-corrected chi connectivity index (χ2v) is 4.68. The summed E-state index contributed by atoms with van der Waals surface area (Å²) in [7, 11) is 0. The van der Waals surface area contributed by atoms with E-state index in [9.17, 15) is 9.59 Å². The van der Waals surface area contributed by atoms with Gasteiger partial charge in [0.15, 0.2) is 0 Å². The van der Waals surface area contributed by atoms with Crippen LogP contribution in [0, 0.1) is 0 Å². The lowest BCUT2D eigenvalue weighted by molar-refractivity contribution is -0.118. The Balaban J connectivity index is 2.13. The number of hydrogen-bond donors (Lipinski definition) is 3. The molecule has 7 heteroatoms. The summed E-state index contributed by atoms with van der Waals surface area (Å²) in [5.41, 5.74) is 5.39. The molecule has 1 aliphatic rings. The van der Waals surface area contributed by atoms with Gasteiger partial charge in [-0.15, -0.1) is 0 Å². The lowest BCUT2D eigenvalue weighted by Gasteiger charge is -2.20. The molecule has 0 fully saturated rings. The van der Waals surface area contributed by atoms with E-state index in [1.807, 2.05) is 0 Å². The number of carbonyl (C=O) groups excluding carboxylic acids is 1. The summed E-state index contributed by atoms with van der Waals surface area (Å²) in [6.45, 7) is 2.01. The van der Waals surface area contributed by atoms with Gasteiger partial charge in [-0.05, 0) is 12.8 Å². The molecule has 1 atom stereocenters. The largest absolute Gasteiger partial charge is 0.368 e. The number of primary amides is 1. The number of amides is 1. The maximum absolute atomic E-state index is 11.7. The maximum atomic E-state index is 11.7. The average molecular weight is 265 g/mol. The van der Waals surface area contributed by atoms with Crippen molar-refractivity contribution in [2.24, 2.45) is 10.7 Å². The van der Waals surface area contributed by atoms with Crippen LogP contribution >= 0.6 is 0 Å². The Morgan fingerprint density at radius 3 is 3.00 bits per heavy atom. The molecule has 0 saturated carbocycles. The van der Waals surface area contributed by atoms with E-state index in [-0.39, 0.29) is 18.4 Å². The number of imidazole rings is 1. The summed E-state index contributed by atoms with van der Waals surface area (Å²) in [5.74, 6) is 0.0519. The Morgan fingerprint density at radius 2 is 2.32 bits per heavy atom. The number of nitrogens with two attached hydrogens (primary N) is 1. The van der Waals surface area contributed by atoms with Crippen molar-refractivity contribution in [1.29, 1.82) is 0 Å². The van der Waals surface area contributed by atoms with Gasteiger partial charge in [0.1, 0.15) is 24.2 Å². The van der Waals surface area contributed by atoms with Gasteiger partial charge in [-0.25, -0.2) is 4.79 Å². The summed E-state index contributed by atoms with van der Waals surface area (Å²) < 4.78 is 1.32. The number of hydrogen-bond acceptors (Lipinski definition) is 4. The number of aromatic nitrogens is 2. The van der Waals surface area contributed by atoms with Crippen molar-refractivity contribution in [3.05, 3.63) is 16.2 Å². The normalized spacial score (nSPS) is 17.0. The van der Waals surface area contributed by atoms with Crippen molar-refractivity contribution in [3.63, 3.8) is 0 Å². The number of nitrogens with zero attached hydrogens (tertiary/aromatic N) is 2. The van der Waals surface area contributed by atoms with E-state index in [2.05, 4.69) is 22.2 Å². The number of aliphatic imine (C=N–C) groups is 1. The van der Waals surface area contributed by atoms with Gasteiger partial charge in [0.25, 0.3) is 0 Å². The minimum Gasteiger partial charge on any atom is -0.368 e. The first-order valence-electron chi connectivity index (χ1n) is 6.52. The molecule has 0 saturated heterocycles. The quantitative estimate of drug-likeness (QED) is 0.649. The van der Waals surface area contributed by atoms with Gasteiger partial charge in [-0.2, -0.15) is 0 Å². The number of rotatable bonds is 6. The molecule has 104 valence electrons. The highest BCUT2D eigenvalue weighted by molar-refractivity contribution is 5.86. The van der Waals surface area contributed by atoms with E-state index < -0.39 is 5.91 Å². The molecule has 1 aromatic rings. The first kappa shape index (κ1) is 13.4. The van der Waals surface area contributed by atoms with E-state index in [1.165, 1.54) is 4.57 Å². The van der Waals surface area contributed by atoms with Gasteiger partial charge in [-0.3, -0.25) is 14.4 Å². The number of fused-ring (bicyclic) bond motifs is 1. The van der Waals surface area contributed by atoms with Crippen LogP contribution in [0.15, 0.2) is 9.79 Å². The van der Waals surface area contributed by atoms with Crippen molar-refractivity contribution >= 4 is 17.9 Å². The van der Waals surface area contributed by atoms with Crippen LogP contribution in [-0.2, 0) is 11.3 Å². The number of anilines is 1. The van der Waals surface area contributed by atoms with Crippen molar-refractivity contribution < 1.29 is 4.79 Å². The molecule has 0 aliphatic carbocycles. The fourth-order valence-corrected chi connectivity index (χ4v) is 2.14. The number of carbonyl (C=O) groups is 1. The molecule has 7 nitrogen and oxygen atoms in total. The zero-order chi connectivity index (χ0) is 13.8. The smallest absolute Gasteiger partial charge is 0.328 e. The zero-order valence-corrected chi connectivity index (χ0v) is 11.0. The van der Waals surface area contributed by atoms with Crippen molar-refractivity contribution in [3.8, 4) is 0 Å². The van der Waals surface area contributed by atoms with E-state index in [0.717, 1.165) is 25.7 Å². The van der Waals surface area contributed by atoms with Gasteiger partial charge >= 0.3 is 5.69 Å². The first-order chi connectivity index (χ1) is 9.11. The van der Waals surface area contributed by atoms with Crippen molar-refractivity contribution in [2.45, 2.75) is 45.3 Å². The average Bonchev–Trinajstić information content (AvgIpc) is 2.66. The molecule has 19 heavy (non-hydrogen) atoms. The Kier molecular flexibility index (Phi) is 4.03. The maximum Gasteiger partial charge on any atom is 0.328 e. The van der Waals surface area contributed by atoms with Gasteiger partial charge in [0, 0.05) is 0 Å². The summed E-state index contributed by atoms with van der Waals surface area (Å²) in [6.07, 6.45) is 5.88. The van der Waals surface area contributed by atoms with Crippen LogP contribution in [0.25, 0.3) is 0 Å². The van der Waals surface area contributed by atoms with Crippen molar-refractivity contribution in [2.75, 3.05) is 5.32 Å². The predicted octanol–water partition coefficient (Wildman–Crippen LogP) is 0.413. The molecule has 2 rings (SSSR count). The number of unbranched alkanes of at least 4 members (excludes halogenated alkanes) is 2. The Hall–Kier alpha value is -2.05. The predicted molar refractivity (Wildman–Crippen MR) is 73.4 cm³/mol. The van der Waals surface area contributed by atoms with Gasteiger partial charge in [0.05, 0.1) is 6.21 Å². The van der Waals surface area contributed by atoms with E-state index in [4.69, 9.17) is 5.73 Å². The highest BCUT2D eigenvalue weighted by atomic mass is 16.2. The fraction of sp³-hybridized carbons (Fsp3) is 0.583. The standard InChI is InChI=1S/C12H19N5O2/c1-2-3-4-5-10-14-6-8-11(16-10)17(7-9(13)18)12(19)15-8/h6,10,16H,2-5,7H2,1H3,(H2,13,18)(H,15,19). The molecule has 0 aromatic carbocycles. The van der Waals surface area contributed by atoms with Crippen LogP contribution in [0.5, 0.6) is 0 Å². The van der Waals surface area contributed by atoms with Gasteiger partial charge in [0.2, 0.25) is 5.91 Å². The lowest BCUT2D eigenvalue weighted by atomic mass is 10.1. The number of aromatic amines is 1. The zero-order valence-electron chi connectivity index (χ0n) is 11.0. The first-order valence-corrected chi connectivity index (χ1v) is 6.52. The summed E-state index contributed by atoms with van der Waals surface area (Å²) >= 11 is 0. The molecular formula is C12H19N5O2. The molecule has 2 heterocycles. The molecule has 1 aliphatic heterocycles. The second-order valence-electron chi connectivity index (χ2n) is 4.68. The van der Waals surface area contributed by atoms with Crippen LogP contribution in [-0.4, -0.2) is 27.8 Å². The Morgan fingerprint density at radius 1 is 1.53 bits per heavy atom. The SMILES string of the molecule is CCCCCC1N=Cc2[nH]c(=O)n(CC(N)=O)c2N1. The number of H-pyrrole nitrogens is 1. The lowest BCUT2D eigenvalue weighted by Crippen LogP contribution is -2.29. The van der Waals surface area contributed by atoms with E-state index >= 15 is 0 Å². The van der Waals surface area contributed by atoms with E-state index in [1.54, 1.807) is 6.21 Å². The van der Waals surface area contributed by atoms with Crippen LogP contribution < -0.4 is 16.7 Å². The van der Waals surface area contributed by atoms with Gasteiger partial charge in [-0.1, -0.05) is 19.8 Å². The summed E-state index contributed by atoms with van der Waals surface area (Å²) in [6, 6.07) is 0. The second kappa shape index (κ2) is 5.73. The third-order valence-electron chi connectivity index (χ3n) is 3.09. The number of nitrogens with one attached hydrogen (secondary N) is 2. The summed E-state index contributed by atoms with van der Waals surface area (Å²) in [4.78, 5) is 29.7. The Labute approximate surface area is 110 Å².